The maximum atomic E-state index is 11.8. The predicted molar refractivity (Wildman–Crippen MR) is 67.0 cm³/mol. The SMILES string of the molecule is O=C(Nc1ccnc(Cl)n1)c1sccc1Br. The van der Waals surface area contributed by atoms with Crippen molar-refractivity contribution in [1.29, 1.82) is 0 Å². The molecule has 0 saturated heterocycles. The molecule has 82 valence electrons. The van der Waals surface area contributed by atoms with Crippen molar-refractivity contribution in [2.24, 2.45) is 0 Å². The summed E-state index contributed by atoms with van der Waals surface area (Å²) in [5.74, 6) is 0.155. The lowest BCUT2D eigenvalue weighted by Crippen LogP contribution is -2.12. The Labute approximate surface area is 109 Å². The Kier molecular flexibility index (Phi) is 3.52. The number of thiophene rings is 1. The molecule has 0 saturated carbocycles. The number of hydrogen-bond donors (Lipinski definition) is 1. The van der Waals surface area contributed by atoms with E-state index in [1.54, 1.807) is 6.07 Å². The first-order chi connectivity index (χ1) is 7.66. The predicted octanol–water partition coefficient (Wildman–Crippen LogP) is 3.21. The molecular weight excluding hydrogens is 314 g/mol. The summed E-state index contributed by atoms with van der Waals surface area (Å²) >= 11 is 10.2. The number of hydrogen-bond acceptors (Lipinski definition) is 4. The van der Waals surface area contributed by atoms with Crippen molar-refractivity contribution in [3.05, 3.63) is 38.3 Å². The molecule has 0 spiro atoms. The largest absolute Gasteiger partial charge is 0.306 e. The molecule has 1 amide bonds. The number of amides is 1. The van der Waals surface area contributed by atoms with Gasteiger partial charge in [0.1, 0.15) is 10.7 Å². The summed E-state index contributed by atoms with van der Waals surface area (Å²) in [5.41, 5.74) is 0. The van der Waals surface area contributed by atoms with E-state index in [4.69, 9.17) is 11.6 Å². The molecule has 1 N–H and O–H groups in total. The molecule has 4 nitrogen and oxygen atoms in total. The van der Waals surface area contributed by atoms with Gasteiger partial charge in [-0.05, 0) is 45.0 Å². The Morgan fingerprint density at radius 1 is 1.50 bits per heavy atom. The highest BCUT2D eigenvalue weighted by atomic mass is 79.9. The minimum atomic E-state index is -0.225. The second-order valence-electron chi connectivity index (χ2n) is 2.76. The minimum absolute atomic E-state index is 0.100. The van der Waals surface area contributed by atoms with Gasteiger partial charge < -0.3 is 5.32 Å². The van der Waals surface area contributed by atoms with E-state index in [-0.39, 0.29) is 11.2 Å². The number of nitrogens with one attached hydrogen (secondary N) is 1. The zero-order valence-electron chi connectivity index (χ0n) is 7.78. The van der Waals surface area contributed by atoms with Crippen LogP contribution in [0.15, 0.2) is 28.2 Å². The fraction of sp³-hybridized carbons (Fsp3) is 0. The number of rotatable bonds is 2. The highest BCUT2D eigenvalue weighted by Gasteiger charge is 2.12. The maximum absolute atomic E-state index is 11.8. The van der Waals surface area contributed by atoms with Crippen molar-refractivity contribution in [3.63, 3.8) is 0 Å². The van der Waals surface area contributed by atoms with E-state index in [2.05, 4.69) is 31.2 Å². The van der Waals surface area contributed by atoms with Crippen molar-refractivity contribution >= 4 is 50.6 Å². The van der Waals surface area contributed by atoms with Gasteiger partial charge >= 0.3 is 0 Å². The Balaban J connectivity index is 2.17. The summed E-state index contributed by atoms with van der Waals surface area (Å²) < 4.78 is 0.759. The molecule has 0 fully saturated rings. The van der Waals surface area contributed by atoms with Gasteiger partial charge in [0.25, 0.3) is 5.91 Å². The zero-order valence-corrected chi connectivity index (χ0v) is 10.9. The highest BCUT2D eigenvalue weighted by Crippen LogP contribution is 2.23. The fourth-order valence-corrected chi connectivity index (χ4v) is 2.63. The van der Waals surface area contributed by atoms with Crippen molar-refractivity contribution in [2.45, 2.75) is 0 Å². The molecule has 0 aromatic carbocycles. The summed E-state index contributed by atoms with van der Waals surface area (Å²) in [6, 6.07) is 3.39. The smallest absolute Gasteiger partial charge is 0.268 e. The standard InChI is InChI=1S/C9H5BrClN3OS/c10-5-2-4-16-7(5)8(15)13-6-1-3-12-9(11)14-6/h1-4H,(H,12,13,14,15). The van der Waals surface area contributed by atoms with Crippen LogP contribution in [-0.2, 0) is 0 Å². The van der Waals surface area contributed by atoms with Crippen LogP contribution in [0.25, 0.3) is 0 Å². The van der Waals surface area contributed by atoms with Gasteiger partial charge in [0.2, 0.25) is 5.28 Å². The lowest BCUT2D eigenvalue weighted by molar-refractivity contribution is 0.102. The van der Waals surface area contributed by atoms with Crippen LogP contribution in [0, 0.1) is 0 Å². The third-order valence-corrected chi connectivity index (χ3v) is 3.71. The van der Waals surface area contributed by atoms with Gasteiger partial charge in [-0.1, -0.05) is 0 Å². The summed E-state index contributed by atoms with van der Waals surface area (Å²) in [6.07, 6.45) is 1.48. The quantitative estimate of drug-likeness (QED) is 0.865. The molecule has 2 heterocycles. The Morgan fingerprint density at radius 2 is 2.31 bits per heavy atom. The van der Waals surface area contributed by atoms with Crippen LogP contribution >= 0.6 is 38.9 Å². The molecule has 0 unspecified atom stereocenters. The van der Waals surface area contributed by atoms with Crippen LogP contribution < -0.4 is 5.32 Å². The second kappa shape index (κ2) is 4.90. The summed E-state index contributed by atoms with van der Waals surface area (Å²) in [6.45, 7) is 0. The number of aromatic nitrogens is 2. The van der Waals surface area contributed by atoms with Gasteiger partial charge in [-0.3, -0.25) is 4.79 Å². The van der Waals surface area contributed by atoms with Crippen LogP contribution in [0.3, 0.4) is 0 Å². The molecule has 2 aromatic rings. The van der Waals surface area contributed by atoms with Crippen LogP contribution in [0.1, 0.15) is 9.67 Å². The van der Waals surface area contributed by atoms with Crippen LogP contribution in [0.2, 0.25) is 5.28 Å². The molecule has 2 aromatic heterocycles. The Hall–Kier alpha value is -0.980. The topological polar surface area (TPSA) is 54.9 Å². The second-order valence-corrected chi connectivity index (χ2v) is 4.87. The van der Waals surface area contributed by atoms with E-state index in [1.807, 2.05) is 11.4 Å². The first-order valence-corrected chi connectivity index (χ1v) is 6.25. The van der Waals surface area contributed by atoms with Crippen LogP contribution in [0.5, 0.6) is 0 Å². The lowest BCUT2D eigenvalue weighted by Gasteiger charge is -2.02. The van der Waals surface area contributed by atoms with E-state index >= 15 is 0 Å². The molecule has 2 rings (SSSR count). The average molecular weight is 319 g/mol. The number of carbonyl (C=O) groups excluding carboxylic acids is 1. The van der Waals surface area contributed by atoms with E-state index in [9.17, 15) is 4.79 Å². The molecule has 0 radical (unpaired) electrons. The van der Waals surface area contributed by atoms with Crippen LogP contribution in [-0.4, -0.2) is 15.9 Å². The van der Waals surface area contributed by atoms with Gasteiger partial charge in [-0.25, -0.2) is 9.97 Å². The van der Waals surface area contributed by atoms with Gasteiger partial charge in [-0.15, -0.1) is 11.3 Å². The summed E-state index contributed by atoms with van der Waals surface area (Å²) in [5, 5.41) is 4.56. The molecule has 16 heavy (non-hydrogen) atoms. The Morgan fingerprint density at radius 3 is 2.94 bits per heavy atom. The monoisotopic (exact) mass is 317 g/mol. The average Bonchev–Trinajstić information content (AvgIpc) is 2.64. The Bertz CT molecular complexity index is 531. The normalized spacial score (nSPS) is 10.1. The number of anilines is 1. The first kappa shape index (κ1) is 11.5. The molecular formula is C9H5BrClN3OS. The van der Waals surface area contributed by atoms with E-state index in [0.717, 1.165) is 4.47 Å². The summed E-state index contributed by atoms with van der Waals surface area (Å²) in [7, 11) is 0. The number of halogens is 2. The third kappa shape index (κ3) is 2.58. The molecule has 7 heteroatoms. The lowest BCUT2D eigenvalue weighted by atomic mass is 10.4. The molecule has 0 atom stereocenters. The summed E-state index contributed by atoms with van der Waals surface area (Å²) in [4.78, 5) is 20.0. The van der Waals surface area contributed by atoms with Crippen LogP contribution in [0.4, 0.5) is 5.82 Å². The van der Waals surface area contributed by atoms with Gasteiger partial charge in [0.15, 0.2) is 0 Å². The molecule has 0 aliphatic heterocycles. The number of nitrogens with zero attached hydrogens (tertiary/aromatic N) is 2. The van der Waals surface area contributed by atoms with E-state index in [0.29, 0.717) is 10.7 Å². The van der Waals surface area contributed by atoms with E-state index in [1.165, 1.54) is 17.5 Å². The maximum Gasteiger partial charge on any atom is 0.268 e. The van der Waals surface area contributed by atoms with E-state index < -0.39 is 0 Å². The number of carbonyl (C=O) groups is 1. The van der Waals surface area contributed by atoms with Gasteiger partial charge in [0.05, 0.1) is 0 Å². The molecule has 0 aliphatic rings. The minimum Gasteiger partial charge on any atom is -0.306 e. The van der Waals surface area contributed by atoms with Gasteiger partial charge in [-0.2, -0.15) is 0 Å². The fourth-order valence-electron chi connectivity index (χ4n) is 1.03. The molecule has 0 bridgehead atoms. The zero-order chi connectivity index (χ0) is 11.5. The van der Waals surface area contributed by atoms with Crippen molar-refractivity contribution in [2.75, 3.05) is 5.32 Å². The third-order valence-electron chi connectivity index (χ3n) is 1.69. The first-order valence-electron chi connectivity index (χ1n) is 4.19. The van der Waals surface area contributed by atoms with Crippen molar-refractivity contribution in [1.82, 2.24) is 9.97 Å². The molecule has 0 aliphatic carbocycles. The van der Waals surface area contributed by atoms with Gasteiger partial charge in [0, 0.05) is 10.7 Å². The van der Waals surface area contributed by atoms with Crippen molar-refractivity contribution < 1.29 is 4.79 Å². The van der Waals surface area contributed by atoms with Crippen molar-refractivity contribution in [3.8, 4) is 0 Å². The highest BCUT2D eigenvalue weighted by molar-refractivity contribution is 9.10.